The van der Waals surface area contributed by atoms with Crippen LogP contribution in [-0.4, -0.2) is 17.9 Å². The molecular weight excluding hydrogens is 336 g/mol. The maximum absolute atomic E-state index is 13.5. The highest BCUT2D eigenvalue weighted by molar-refractivity contribution is 6.11. The number of ketones is 1. The number of Topliss-reactive ketones (excluding diaryl/α,β-unsaturated/α-hetero) is 1. The molecule has 3 aromatic carbocycles. The number of aromatic nitrogens is 1. The molecule has 1 unspecified atom stereocenters. The monoisotopic (exact) mass is 356 g/mol. The quantitative estimate of drug-likeness (QED) is 0.466. The van der Waals surface area contributed by atoms with Crippen LogP contribution in [0.5, 0.6) is 5.75 Å². The zero-order valence-corrected chi connectivity index (χ0v) is 15.0. The second-order valence-electron chi connectivity index (χ2n) is 6.33. The molecule has 27 heavy (non-hydrogen) atoms. The summed E-state index contributed by atoms with van der Waals surface area (Å²) in [5, 5.41) is 4.31. The summed E-state index contributed by atoms with van der Waals surface area (Å²) >= 11 is 0. The molecule has 134 valence electrons. The van der Waals surface area contributed by atoms with Gasteiger partial charge in [-0.25, -0.2) is 0 Å². The standard InChI is InChI=1S/C23H20N2O2/c1-27-18-11-7-10-17(14-18)25-22(16-8-3-2-4-9-16)23(26)20-15-24-21-13-6-5-12-19(20)21/h2-15,22,24-25H,1H3. The van der Waals surface area contributed by atoms with Gasteiger partial charge in [0.25, 0.3) is 0 Å². The van der Waals surface area contributed by atoms with Crippen LogP contribution in [0.25, 0.3) is 10.9 Å². The molecule has 1 atom stereocenters. The Kier molecular flexibility index (Phi) is 4.62. The zero-order valence-electron chi connectivity index (χ0n) is 15.0. The van der Waals surface area contributed by atoms with Gasteiger partial charge in [0, 0.05) is 34.4 Å². The summed E-state index contributed by atoms with van der Waals surface area (Å²) in [6.45, 7) is 0. The summed E-state index contributed by atoms with van der Waals surface area (Å²) in [6, 6.07) is 24.7. The Labute approximate surface area is 157 Å². The number of methoxy groups -OCH3 is 1. The number of aromatic amines is 1. The van der Waals surface area contributed by atoms with Crippen molar-refractivity contribution in [2.45, 2.75) is 6.04 Å². The number of fused-ring (bicyclic) bond motifs is 1. The smallest absolute Gasteiger partial charge is 0.191 e. The molecule has 0 bridgehead atoms. The van der Waals surface area contributed by atoms with Crippen LogP contribution < -0.4 is 10.1 Å². The molecule has 0 spiro atoms. The lowest BCUT2D eigenvalue weighted by atomic mass is 9.96. The van der Waals surface area contributed by atoms with Gasteiger partial charge in [0.15, 0.2) is 5.78 Å². The van der Waals surface area contributed by atoms with Crippen LogP contribution in [0.15, 0.2) is 85.1 Å². The highest BCUT2D eigenvalue weighted by Crippen LogP contribution is 2.28. The van der Waals surface area contributed by atoms with E-state index in [1.165, 1.54) is 0 Å². The minimum atomic E-state index is -0.502. The summed E-state index contributed by atoms with van der Waals surface area (Å²) in [6.07, 6.45) is 1.79. The van der Waals surface area contributed by atoms with E-state index in [1.807, 2.05) is 78.9 Å². The van der Waals surface area contributed by atoms with Gasteiger partial charge in [0.05, 0.1) is 7.11 Å². The lowest BCUT2D eigenvalue weighted by Crippen LogP contribution is -2.21. The molecule has 0 saturated carbocycles. The first-order chi connectivity index (χ1) is 13.3. The Balaban J connectivity index is 1.74. The van der Waals surface area contributed by atoms with Crippen molar-refractivity contribution < 1.29 is 9.53 Å². The van der Waals surface area contributed by atoms with Crippen molar-refractivity contribution in [3.63, 3.8) is 0 Å². The van der Waals surface area contributed by atoms with E-state index in [4.69, 9.17) is 4.74 Å². The SMILES string of the molecule is COc1cccc(NC(C(=O)c2c[nH]c3ccccc23)c2ccccc2)c1. The number of carbonyl (C=O) groups is 1. The van der Waals surface area contributed by atoms with E-state index in [-0.39, 0.29) is 5.78 Å². The van der Waals surface area contributed by atoms with Crippen molar-refractivity contribution in [2.75, 3.05) is 12.4 Å². The van der Waals surface area contributed by atoms with Gasteiger partial charge in [-0.3, -0.25) is 4.79 Å². The maximum Gasteiger partial charge on any atom is 0.191 e. The first kappa shape index (κ1) is 16.9. The van der Waals surface area contributed by atoms with Gasteiger partial charge in [-0.2, -0.15) is 0 Å². The Morgan fingerprint density at radius 1 is 0.963 bits per heavy atom. The number of ether oxygens (including phenoxy) is 1. The van der Waals surface area contributed by atoms with Crippen molar-refractivity contribution in [3.8, 4) is 5.75 Å². The molecule has 2 N–H and O–H groups in total. The molecule has 0 saturated heterocycles. The highest BCUT2D eigenvalue weighted by Gasteiger charge is 2.24. The molecule has 0 amide bonds. The zero-order chi connectivity index (χ0) is 18.6. The van der Waals surface area contributed by atoms with Crippen LogP contribution in [0.3, 0.4) is 0 Å². The summed E-state index contributed by atoms with van der Waals surface area (Å²) < 4.78 is 5.30. The van der Waals surface area contributed by atoms with E-state index in [0.717, 1.165) is 27.9 Å². The summed E-state index contributed by atoms with van der Waals surface area (Å²) in [5.74, 6) is 0.757. The number of H-pyrrole nitrogens is 1. The van der Waals surface area contributed by atoms with Crippen molar-refractivity contribution in [2.24, 2.45) is 0 Å². The van der Waals surface area contributed by atoms with E-state index in [9.17, 15) is 4.79 Å². The number of anilines is 1. The molecule has 1 aromatic heterocycles. The lowest BCUT2D eigenvalue weighted by Gasteiger charge is -2.19. The van der Waals surface area contributed by atoms with Gasteiger partial charge in [-0.05, 0) is 23.8 Å². The number of rotatable bonds is 6. The Hall–Kier alpha value is -3.53. The molecule has 0 aliphatic carbocycles. The van der Waals surface area contributed by atoms with Crippen molar-refractivity contribution in [1.29, 1.82) is 0 Å². The fourth-order valence-corrected chi connectivity index (χ4v) is 3.26. The van der Waals surface area contributed by atoms with Crippen molar-refractivity contribution >= 4 is 22.4 Å². The molecular formula is C23H20N2O2. The predicted octanol–water partition coefficient (Wildman–Crippen LogP) is 5.21. The van der Waals surface area contributed by atoms with Gasteiger partial charge < -0.3 is 15.0 Å². The van der Waals surface area contributed by atoms with Crippen molar-refractivity contribution in [1.82, 2.24) is 4.98 Å². The van der Waals surface area contributed by atoms with Gasteiger partial charge in [-0.15, -0.1) is 0 Å². The van der Waals surface area contributed by atoms with E-state index in [2.05, 4.69) is 10.3 Å². The normalized spacial score (nSPS) is 11.9. The number of hydrogen-bond acceptors (Lipinski definition) is 3. The average molecular weight is 356 g/mol. The van der Waals surface area contributed by atoms with E-state index in [0.29, 0.717) is 5.56 Å². The van der Waals surface area contributed by atoms with Crippen LogP contribution in [-0.2, 0) is 0 Å². The molecule has 4 nitrogen and oxygen atoms in total. The first-order valence-corrected chi connectivity index (χ1v) is 8.82. The van der Waals surface area contributed by atoms with Gasteiger partial charge in [-0.1, -0.05) is 54.6 Å². The number of para-hydroxylation sites is 1. The Morgan fingerprint density at radius 3 is 2.56 bits per heavy atom. The van der Waals surface area contributed by atoms with Crippen molar-refractivity contribution in [3.05, 3.63) is 96.2 Å². The second kappa shape index (κ2) is 7.38. The molecule has 0 aliphatic rings. The summed E-state index contributed by atoms with van der Waals surface area (Å²) in [4.78, 5) is 16.7. The Morgan fingerprint density at radius 2 is 1.74 bits per heavy atom. The first-order valence-electron chi connectivity index (χ1n) is 8.82. The third-order valence-corrected chi connectivity index (χ3v) is 4.63. The molecule has 0 fully saturated rings. The van der Waals surface area contributed by atoms with Crippen LogP contribution in [0.4, 0.5) is 5.69 Å². The van der Waals surface area contributed by atoms with Crippen LogP contribution in [0.1, 0.15) is 22.0 Å². The predicted molar refractivity (Wildman–Crippen MR) is 108 cm³/mol. The summed E-state index contributed by atoms with van der Waals surface area (Å²) in [7, 11) is 1.63. The number of nitrogens with one attached hydrogen (secondary N) is 2. The average Bonchev–Trinajstić information content (AvgIpc) is 3.16. The molecule has 4 heteroatoms. The van der Waals surface area contributed by atoms with Gasteiger partial charge in [0.2, 0.25) is 0 Å². The topological polar surface area (TPSA) is 54.1 Å². The largest absolute Gasteiger partial charge is 0.497 e. The van der Waals surface area contributed by atoms with E-state index in [1.54, 1.807) is 13.3 Å². The molecule has 4 rings (SSSR count). The van der Waals surface area contributed by atoms with Crippen LogP contribution in [0.2, 0.25) is 0 Å². The van der Waals surface area contributed by atoms with Gasteiger partial charge in [0.1, 0.15) is 11.8 Å². The number of hydrogen-bond donors (Lipinski definition) is 2. The molecule has 1 heterocycles. The molecule has 4 aromatic rings. The van der Waals surface area contributed by atoms with Crippen LogP contribution >= 0.6 is 0 Å². The van der Waals surface area contributed by atoms with E-state index < -0.39 is 6.04 Å². The molecule has 0 radical (unpaired) electrons. The maximum atomic E-state index is 13.5. The lowest BCUT2D eigenvalue weighted by molar-refractivity contribution is 0.0971. The fourth-order valence-electron chi connectivity index (χ4n) is 3.26. The Bertz CT molecular complexity index is 1070. The number of benzene rings is 3. The minimum Gasteiger partial charge on any atom is -0.497 e. The van der Waals surface area contributed by atoms with Gasteiger partial charge >= 0.3 is 0 Å². The minimum absolute atomic E-state index is 0.0152. The number of carbonyl (C=O) groups excluding carboxylic acids is 1. The fraction of sp³-hybridized carbons (Fsp3) is 0.0870. The summed E-state index contributed by atoms with van der Waals surface area (Å²) in [5.41, 5.74) is 3.37. The van der Waals surface area contributed by atoms with E-state index >= 15 is 0 Å². The highest BCUT2D eigenvalue weighted by atomic mass is 16.5. The van der Waals surface area contributed by atoms with Crippen LogP contribution in [0, 0.1) is 0 Å². The third-order valence-electron chi connectivity index (χ3n) is 4.63. The second-order valence-corrected chi connectivity index (χ2v) is 6.33. The third kappa shape index (κ3) is 3.42. The molecule has 0 aliphatic heterocycles.